The summed E-state index contributed by atoms with van der Waals surface area (Å²) in [6.45, 7) is 2.20. The van der Waals surface area contributed by atoms with E-state index in [1.807, 2.05) is 49.4 Å². The van der Waals surface area contributed by atoms with E-state index in [9.17, 15) is 14.0 Å². The summed E-state index contributed by atoms with van der Waals surface area (Å²) >= 11 is 7.13. The van der Waals surface area contributed by atoms with Gasteiger partial charge in [-0.2, -0.15) is 0 Å². The summed E-state index contributed by atoms with van der Waals surface area (Å²) in [5.41, 5.74) is 1.94. The summed E-state index contributed by atoms with van der Waals surface area (Å²) in [5, 5.41) is 8.43. The van der Waals surface area contributed by atoms with Gasteiger partial charge in [-0.1, -0.05) is 54.1 Å². The lowest BCUT2D eigenvalue weighted by atomic mass is 10.0. The van der Waals surface area contributed by atoms with Crippen LogP contribution in [0.4, 0.5) is 9.39 Å². The first-order valence-electron chi connectivity index (χ1n) is 9.54. The number of amides is 2. The zero-order chi connectivity index (χ0) is 22.0. The number of halogens is 2. The van der Waals surface area contributed by atoms with Gasteiger partial charge in [-0.3, -0.25) is 9.59 Å². The maximum atomic E-state index is 13.2. The van der Waals surface area contributed by atoms with Crippen LogP contribution in [0.2, 0.25) is 5.02 Å². The Bertz CT molecular complexity index is 1300. The number of aryl methyl sites for hydroxylation is 1. The molecule has 2 N–H and O–H groups in total. The molecule has 0 aliphatic carbocycles. The molecule has 0 aliphatic heterocycles. The van der Waals surface area contributed by atoms with E-state index >= 15 is 0 Å². The number of hydrogen-bond acceptors (Lipinski definition) is 3. The van der Waals surface area contributed by atoms with Crippen LogP contribution in [0.5, 0.6) is 0 Å². The molecule has 3 aromatic carbocycles. The number of carbonyl (C=O) groups excluding carboxylic acids is 2. The standard InChI is InChI=1S/C24H18ClFN2O2S/c1-14-11-21(28-23(29)19-10-9-17(26)12-20(19)25)31-22(14)24(30)27-13-16-7-4-6-15-5-2-3-8-18(15)16/h2-12H,13H2,1H3,(H,27,30)(H,28,29). The highest BCUT2D eigenvalue weighted by atomic mass is 35.5. The Morgan fingerprint density at radius 3 is 2.58 bits per heavy atom. The largest absolute Gasteiger partial charge is 0.347 e. The minimum Gasteiger partial charge on any atom is -0.347 e. The summed E-state index contributed by atoms with van der Waals surface area (Å²) in [5.74, 6) is -1.19. The van der Waals surface area contributed by atoms with Crippen molar-refractivity contribution in [2.24, 2.45) is 0 Å². The average Bonchev–Trinajstić information content (AvgIpc) is 3.11. The fourth-order valence-corrected chi connectivity index (χ4v) is 4.56. The Morgan fingerprint density at radius 2 is 1.77 bits per heavy atom. The first kappa shape index (κ1) is 21.0. The summed E-state index contributed by atoms with van der Waals surface area (Å²) in [6.07, 6.45) is 0. The van der Waals surface area contributed by atoms with Crippen molar-refractivity contribution in [2.75, 3.05) is 5.32 Å². The molecule has 0 atom stereocenters. The maximum absolute atomic E-state index is 13.2. The molecule has 4 nitrogen and oxygen atoms in total. The van der Waals surface area contributed by atoms with Gasteiger partial charge in [-0.25, -0.2) is 4.39 Å². The van der Waals surface area contributed by atoms with Crippen molar-refractivity contribution in [1.29, 1.82) is 0 Å². The smallest absolute Gasteiger partial charge is 0.261 e. The van der Waals surface area contributed by atoms with Crippen LogP contribution in [-0.4, -0.2) is 11.8 Å². The molecule has 156 valence electrons. The second-order valence-corrected chi connectivity index (χ2v) is 8.48. The molecule has 0 saturated carbocycles. The molecule has 0 fully saturated rings. The Kier molecular flexibility index (Phi) is 6.02. The maximum Gasteiger partial charge on any atom is 0.261 e. The van der Waals surface area contributed by atoms with E-state index in [1.54, 1.807) is 6.07 Å². The lowest BCUT2D eigenvalue weighted by Crippen LogP contribution is -2.22. The molecule has 1 aromatic heterocycles. The monoisotopic (exact) mass is 452 g/mol. The highest BCUT2D eigenvalue weighted by molar-refractivity contribution is 7.18. The van der Waals surface area contributed by atoms with Gasteiger partial charge in [-0.05, 0) is 53.1 Å². The minimum absolute atomic E-state index is 0.0267. The van der Waals surface area contributed by atoms with Gasteiger partial charge in [0, 0.05) is 6.54 Å². The number of thiophene rings is 1. The highest BCUT2D eigenvalue weighted by Gasteiger charge is 2.17. The molecule has 0 saturated heterocycles. The molecule has 31 heavy (non-hydrogen) atoms. The quantitative estimate of drug-likeness (QED) is 0.379. The molecule has 4 aromatic rings. The predicted octanol–water partition coefficient (Wildman–Crippen LogP) is 6.18. The Morgan fingerprint density at radius 1 is 1.00 bits per heavy atom. The van der Waals surface area contributed by atoms with Crippen LogP contribution in [0, 0.1) is 12.7 Å². The van der Waals surface area contributed by atoms with Crippen LogP contribution in [0.15, 0.2) is 66.7 Å². The van der Waals surface area contributed by atoms with Crippen LogP contribution in [-0.2, 0) is 6.54 Å². The molecule has 0 radical (unpaired) electrons. The summed E-state index contributed by atoms with van der Waals surface area (Å²) < 4.78 is 13.2. The zero-order valence-corrected chi connectivity index (χ0v) is 18.1. The molecule has 1 heterocycles. The number of benzene rings is 3. The molecule has 0 unspecified atom stereocenters. The van der Waals surface area contributed by atoms with Crippen molar-refractivity contribution >= 4 is 50.5 Å². The molecule has 2 amide bonds. The number of anilines is 1. The van der Waals surface area contributed by atoms with Crippen LogP contribution < -0.4 is 10.6 Å². The lowest BCUT2D eigenvalue weighted by molar-refractivity contribution is 0.0953. The fourth-order valence-electron chi connectivity index (χ4n) is 3.32. The first-order chi connectivity index (χ1) is 14.9. The summed E-state index contributed by atoms with van der Waals surface area (Å²) in [4.78, 5) is 25.7. The Labute approximate surface area is 187 Å². The predicted molar refractivity (Wildman–Crippen MR) is 124 cm³/mol. The van der Waals surface area contributed by atoms with Crippen molar-refractivity contribution < 1.29 is 14.0 Å². The molecule has 0 spiro atoms. The van der Waals surface area contributed by atoms with Gasteiger partial charge < -0.3 is 10.6 Å². The summed E-state index contributed by atoms with van der Waals surface area (Å²) in [6, 6.07) is 19.3. The number of fused-ring (bicyclic) bond motifs is 1. The number of carbonyl (C=O) groups is 2. The number of nitrogens with one attached hydrogen (secondary N) is 2. The van der Waals surface area contributed by atoms with E-state index in [0.717, 1.165) is 28.0 Å². The van der Waals surface area contributed by atoms with Gasteiger partial charge in [0.15, 0.2) is 0 Å². The van der Waals surface area contributed by atoms with Crippen molar-refractivity contribution in [3.8, 4) is 0 Å². The normalized spacial score (nSPS) is 10.8. The SMILES string of the molecule is Cc1cc(NC(=O)c2ccc(F)cc2Cl)sc1C(=O)NCc1cccc2ccccc12. The van der Waals surface area contributed by atoms with E-state index in [1.165, 1.54) is 23.5 Å². The van der Waals surface area contributed by atoms with Crippen molar-refractivity contribution in [3.63, 3.8) is 0 Å². The van der Waals surface area contributed by atoms with E-state index in [2.05, 4.69) is 10.6 Å². The number of hydrogen-bond donors (Lipinski definition) is 2. The lowest BCUT2D eigenvalue weighted by Gasteiger charge is -2.08. The topological polar surface area (TPSA) is 58.2 Å². The van der Waals surface area contributed by atoms with Gasteiger partial charge in [0.1, 0.15) is 5.82 Å². The van der Waals surface area contributed by atoms with E-state index in [-0.39, 0.29) is 16.5 Å². The van der Waals surface area contributed by atoms with E-state index < -0.39 is 11.7 Å². The molecule has 0 aliphatic rings. The first-order valence-corrected chi connectivity index (χ1v) is 10.7. The third kappa shape index (κ3) is 4.60. The van der Waals surface area contributed by atoms with Crippen LogP contribution >= 0.6 is 22.9 Å². The van der Waals surface area contributed by atoms with E-state index in [4.69, 9.17) is 11.6 Å². The van der Waals surface area contributed by atoms with Gasteiger partial charge in [0.05, 0.1) is 20.5 Å². The van der Waals surface area contributed by atoms with Crippen LogP contribution in [0.25, 0.3) is 10.8 Å². The highest BCUT2D eigenvalue weighted by Crippen LogP contribution is 2.28. The summed E-state index contributed by atoms with van der Waals surface area (Å²) in [7, 11) is 0. The average molecular weight is 453 g/mol. The van der Waals surface area contributed by atoms with Gasteiger partial charge in [0.2, 0.25) is 0 Å². The van der Waals surface area contributed by atoms with Crippen molar-refractivity contribution in [3.05, 3.63) is 99.1 Å². The third-order valence-electron chi connectivity index (χ3n) is 4.86. The zero-order valence-electron chi connectivity index (χ0n) is 16.5. The van der Waals surface area contributed by atoms with Crippen LogP contribution in [0.1, 0.15) is 31.2 Å². The molecule has 7 heteroatoms. The third-order valence-corrected chi connectivity index (χ3v) is 6.32. The Balaban J connectivity index is 1.46. The second kappa shape index (κ2) is 8.88. The van der Waals surface area contributed by atoms with Crippen molar-refractivity contribution in [1.82, 2.24) is 5.32 Å². The minimum atomic E-state index is -0.515. The van der Waals surface area contributed by atoms with Gasteiger partial charge >= 0.3 is 0 Å². The van der Waals surface area contributed by atoms with E-state index in [0.29, 0.717) is 16.4 Å². The van der Waals surface area contributed by atoms with Gasteiger partial charge in [-0.15, -0.1) is 11.3 Å². The molecule has 0 bridgehead atoms. The second-order valence-electron chi connectivity index (χ2n) is 7.02. The molecular formula is C24H18ClFN2O2S. The Hall–Kier alpha value is -3.22. The molecular weight excluding hydrogens is 435 g/mol. The number of rotatable bonds is 5. The van der Waals surface area contributed by atoms with Crippen LogP contribution in [0.3, 0.4) is 0 Å². The van der Waals surface area contributed by atoms with Gasteiger partial charge in [0.25, 0.3) is 11.8 Å². The fraction of sp³-hybridized carbons (Fsp3) is 0.0833. The molecule has 4 rings (SSSR count). The van der Waals surface area contributed by atoms with Crippen molar-refractivity contribution in [2.45, 2.75) is 13.5 Å².